The third kappa shape index (κ3) is 6.14. The van der Waals surface area contributed by atoms with E-state index in [9.17, 15) is 28.1 Å². The molecule has 1 heterocycles. The van der Waals surface area contributed by atoms with Crippen LogP contribution in [0, 0.1) is 10.1 Å². The fraction of sp³-hybridized carbons (Fsp3) is 0.154. The van der Waals surface area contributed by atoms with Crippen molar-refractivity contribution < 1.29 is 32.4 Å². The molecule has 12 heteroatoms. The third-order valence-electron chi connectivity index (χ3n) is 5.33. The Kier molecular flexibility index (Phi) is 8.02. The van der Waals surface area contributed by atoms with Crippen molar-refractivity contribution in [3.8, 4) is 17.2 Å². The fourth-order valence-corrected chi connectivity index (χ4v) is 4.82. The molecule has 3 aromatic rings. The molecule has 0 aliphatic carbocycles. The number of hydrogen-bond acceptors (Lipinski definition) is 7. The van der Waals surface area contributed by atoms with Gasteiger partial charge in [0.25, 0.3) is 5.91 Å². The molecule has 4 rings (SSSR count). The van der Waals surface area contributed by atoms with E-state index in [1.807, 2.05) is 30.3 Å². The van der Waals surface area contributed by atoms with Gasteiger partial charge in [0.15, 0.2) is 11.5 Å². The van der Waals surface area contributed by atoms with Gasteiger partial charge < -0.3 is 9.47 Å². The van der Waals surface area contributed by atoms with Crippen molar-refractivity contribution in [3.63, 3.8) is 0 Å². The number of benzene rings is 3. The zero-order chi connectivity index (χ0) is 27.4. The number of thioether (sulfide) groups is 1. The second kappa shape index (κ2) is 11.2. The molecule has 0 N–H and O–H groups in total. The second-order valence-electron chi connectivity index (χ2n) is 7.93. The Balaban J connectivity index is 1.60. The summed E-state index contributed by atoms with van der Waals surface area (Å²) in [6.07, 6.45) is -3.11. The molecule has 0 aromatic heterocycles. The number of thiocarbonyl (C=S) groups is 1. The zero-order valence-electron chi connectivity index (χ0n) is 19.7. The van der Waals surface area contributed by atoms with Crippen molar-refractivity contribution in [2.75, 3.05) is 6.61 Å². The monoisotopic (exact) mass is 560 g/mol. The van der Waals surface area contributed by atoms with Crippen molar-refractivity contribution in [2.45, 2.75) is 19.6 Å². The number of ether oxygens (including phenoxy) is 2. The number of nitro benzene ring substituents is 1. The summed E-state index contributed by atoms with van der Waals surface area (Å²) < 4.78 is 50.7. The van der Waals surface area contributed by atoms with Crippen LogP contribution in [-0.4, -0.2) is 26.7 Å². The van der Waals surface area contributed by atoms with Crippen molar-refractivity contribution >= 4 is 46.0 Å². The lowest BCUT2D eigenvalue weighted by Crippen LogP contribution is -2.27. The van der Waals surface area contributed by atoms with Gasteiger partial charge >= 0.3 is 11.9 Å². The van der Waals surface area contributed by atoms with Crippen molar-refractivity contribution in [1.82, 2.24) is 4.90 Å². The molecule has 0 bridgehead atoms. The minimum Gasteiger partial charge on any atom is -0.490 e. The summed E-state index contributed by atoms with van der Waals surface area (Å²) in [5, 5.41) is 11.4. The average Bonchev–Trinajstić information content (AvgIpc) is 3.13. The number of hydrogen-bond donors (Lipinski definition) is 0. The SMILES string of the molecule is CCOc1cc(/C=C2\SC(=S)N(Cc3ccccc3)C2=O)ccc1Oc1ccc(C(F)(F)F)cc1[N+](=O)[O-]. The van der Waals surface area contributed by atoms with Crippen LogP contribution in [0.2, 0.25) is 0 Å². The Morgan fingerprint density at radius 3 is 2.42 bits per heavy atom. The van der Waals surface area contributed by atoms with Crippen molar-refractivity contribution in [2.24, 2.45) is 0 Å². The highest BCUT2D eigenvalue weighted by Gasteiger charge is 2.34. The lowest BCUT2D eigenvalue weighted by atomic mass is 10.1. The molecule has 1 amide bonds. The summed E-state index contributed by atoms with van der Waals surface area (Å²) >= 11 is 6.55. The Morgan fingerprint density at radius 1 is 1.05 bits per heavy atom. The minimum atomic E-state index is -4.75. The topological polar surface area (TPSA) is 81.9 Å². The molecule has 1 saturated heterocycles. The van der Waals surface area contributed by atoms with E-state index in [4.69, 9.17) is 21.7 Å². The lowest BCUT2D eigenvalue weighted by Gasteiger charge is -2.14. The fourth-order valence-electron chi connectivity index (χ4n) is 3.56. The highest BCUT2D eigenvalue weighted by atomic mass is 32.2. The van der Waals surface area contributed by atoms with E-state index in [-0.39, 0.29) is 29.8 Å². The molecule has 0 atom stereocenters. The van der Waals surface area contributed by atoms with Gasteiger partial charge in [0, 0.05) is 6.07 Å². The minimum absolute atomic E-state index is 0.0588. The van der Waals surface area contributed by atoms with Gasteiger partial charge in [-0.3, -0.25) is 19.8 Å². The number of nitrogens with zero attached hydrogens (tertiary/aromatic N) is 2. The standard InChI is InChI=1S/C26H19F3N2O5S2/c1-2-35-22-12-17(13-23-24(32)30(25(37)38-23)15-16-6-4-3-5-7-16)8-10-21(22)36-20-11-9-18(26(27,28)29)14-19(20)31(33)34/h3-14H,2,15H2,1H3/b23-13-. The zero-order valence-corrected chi connectivity index (χ0v) is 21.4. The van der Waals surface area contributed by atoms with Gasteiger partial charge in [0.2, 0.25) is 5.75 Å². The lowest BCUT2D eigenvalue weighted by molar-refractivity contribution is -0.385. The summed E-state index contributed by atoms with van der Waals surface area (Å²) in [5.74, 6) is -0.375. The quantitative estimate of drug-likeness (QED) is 0.125. The van der Waals surface area contributed by atoms with Crippen LogP contribution in [0.1, 0.15) is 23.6 Å². The Hall–Kier alpha value is -3.90. The molecule has 0 radical (unpaired) electrons. The number of rotatable bonds is 8. The summed E-state index contributed by atoms with van der Waals surface area (Å²) in [5.41, 5.74) is -0.500. The Morgan fingerprint density at radius 2 is 1.76 bits per heavy atom. The number of alkyl halides is 3. The van der Waals surface area contributed by atoms with E-state index < -0.39 is 22.4 Å². The maximum absolute atomic E-state index is 13.0. The molecule has 1 aliphatic rings. The van der Waals surface area contributed by atoms with E-state index in [0.29, 0.717) is 33.5 Å². The van der Waals surface area contributed by atoms with Crippen LogP contribution in [0.15, 0.2) is 71.6 Å². The summed E-state index contributed by atoms with van der Waals surface area (Å²) in [7, 11) is 0. The smallest absolute Gasteiger partial charge is 0.416 e. The first kappa shape index (κ1) is 27.1. The molecule has 0 unspecified atom stereocenters. The van der Waals surface area contributed by atoms with E-state index in [1.54, 1.807) is 25.1 Å². The molecule has 196 valence electrons. The number of carbonyl (C=O) groups excluding carboxylic acids is 1. The maximum atomic E-state index is 13.0. The number of amides is 1. The predicted molar refractivity (Wildman–Crippen MR) is 141 cm³/mol. The van der Waals surface area contributed by atoms with E-state index in [0.717, 1.165) is 23.4 Å². The van der Waals surface area contributed by atoms with Gasteiger partial charge in [-0.15, -0.1) is 0 Å². The first-order valence-corrected chi connectivity index (χ1v) is 12.4. The van der Waals surface area contributed by atoms with Crippen LogP contribution in [0.4, 0.5) is 18.9 Å². The van der Waals surface area contributed by atoms with Crippen molar-refractivity contribution in [3.05, 3.63) is 98.4 Å². The number of halogens is 3. The van der Waals surface area contributed by atoms with Gasteiger partial charge in [-0.2, -0.15) is 13.2 Å². The molecular formula is C26H19F3N2O5S2. The summed E-state index contributed by atoms with van der Waals surface area (Å²) in [4.78, 5) is 25.4. The van der Waals surface area contributed by atoms with E-state index in [1.165, 1.54) is 11.0 Å². The predicted octanol–water partition coefficient (Wildman–Crippen LogP) is 7.21. The molecule has 38 heavy (non-hydrogen) atoms. The Labute approximate surface area is 225 Å². The number of carbonyl (C=O) groups is 1. The summed E-state index contributed by atoms with van der Waals surface area (Å²) in [6.45, 7) is 2.27. The van der Waals surface area contributed by atoms with Crippen LogP contribution < -0.4 is 9.47 Å². The molecule has 1 aliphatic heterocycles. The highest BCUT2D eigenvalue weighted by molar-refractivity contribution is 8.26. The average molecular weight is 561 g/mol. The van der Waals surface area contributed by atoms with Crippen LogP contribution in [-0.2, 0) is 17.5 Å². The highest BCUT2D eigenvalue weighted by Crippen LogP contribution is 2.41. The van der Waals surface area contributed by atoms with Crippen LogP contribution in [0.25, 0.3) is 6.08 Å². The van der Waals surface area contributed by atoms with Gasteiger partial charge in [0.05, 0.1) is 28.5 Å². The molecule has 3 aromatic carbocycles. The van der Waals surface area contributed by atoms with Crippen LogP contribution >= 0.6 is 24.0 Å². The van der Waals surface area contributed by atoms with Crippen LogP contribution in [0.5, 0.6) is 17.2 Å². The van der Waals surface area contributed by atoms with E-state index in [2.05, 4.69) is 0 Å². The molecule has 1 fully saturated rings. The van der Waals surface area contributed by atoms with Gasteiger partial charge in [0.1, 0.15) is 4.32 Å². The largest absolute Gasteiger partial charge is 0.490 e. The number of nitro groups is 1. The Bertz CT molecular complexity index is 1430. The first-order valence-electron chi connectivity index (χ1n) is 11.2. The normalized spacial score (nSPS) is 14.7. The van der Waals surface area contributed by atoms with Crippen molar-refractivity contribution in [1.29, 1.82) is 0 Å². The summed E-state index contributed by atoms with van der Waals surface area (Å²) in [6, 6.07) is 16.1. The third-order valence-corrected chi connectivity index (χ3v) is 6.70. The van der Waals surface area contributed by atoms with Gasteiger partial charge in [-0.05, 0) is 48.4 Å². The van der Waals surface area contributed by atoms with Gasteiger partial charge in [-0.1, -0.05) is 60.4 Å². The van der Waals surface area contributed by atoms with E-state index >= 15 is 0 Å². The molecule has 0 spiro atoms. The molecule has 0 saturated carbocycles. The first-order chi connectivity index (χ1) is 18.1. The van der Waals surface area contributed by atoms with Gasteiger partial charge in [-0.25, -0.2) is 0 Å². The molecular weight excluding hydrogens is 541 g/mol. The van der Waals surface area contributed by atoms with Crippen LogP contribution in [0.3, 0.4) is 0 Å². The maximum Gasteiger partial charge on any atom is 0.416 e. The second-order valence-corrected chi connectivity index (χ2v) is 9.61. The molecule has 7 nitrogen and oxygen atoms in total.